The van der Waals surface area contributed by atoms with Gasteiger partial charge in [-0.05, 0) is 39.2 Å². The summed E-state index contributed by atoms with van der Waals surface area (Å²) in [5.74, 6) is 0.446. The largest absolute Gasteiger partial charge is 0.390 e. The number of rotatable bonds is 1. The maximum atomic E-state index is 9.60. The molecular weight excluding hydrogens is 126 g/mol. The predicted octanol–water partition coefficient (Wildman–Crippen LogP) is 0.757. The molecule has 0 aliphatic carbocycles. The summed E-state index contributed by atoms with van der Waals surface area (Å²) in [5, 5.41) is 12.9. The maximum absolute atomic E-state index is 9.60. The smallest absolute Gasteiger partial charge is 0.0631 e. The minimum Gasteiger partial charge on any atom is -0.390 e. The van der Waals surface area contributed by atoms with Crippen LogP contribution in [0.4, 0.5) is 0 Å². The van der Waals surface area contributed by atoms with Crippen molar-refractivity contribution >= 4 is 0 Å². The Morgan fingerprint density at radius 3 is 2.50 bits per heavy atom. The van der Waals surface area contributed by atoms with Gasteiger partial charge in [0.2, 0.25) is 0 Å². The van der Waals surface area contributed by atoms with Crippen LogP contribution in [0, 0.1) is 5.92 Å². The van der Waals surface area contributed by atoms with E-state index in [4.69, 9.17) is 0 Å². The molecular formula is C8H17NO. The molecule has 1 aliphatic heterocycles. The van der Waals surface area contributed by atoms with E-state index in [9.17, 15) is 5.11 Å². The van der Waals surface area contributed by atoms with E-state index in [0.717, 1.165) is 19.5 Å². The summed E-state index contributed by atoms with van der Waals surface area (Å²) >= 11 is 0. The molecule has 1 fully saturated rings. The molecule has 0 unspecified atom stereocenters. The highest BCUT2D eigenvalue weighted by Gasteiger charge is 2.27. The molecule has 1 heterocycles. The third-order valence-corrected chi connectivity index (χ3v) is 2.30. The van der Waals surface area contributed by atoms with Crippen LogP contribution in [0.5, 0.6) is 0 Å². The second-order valence-electron chi connectivity index (χ2n) is 3.70. The van der Waals surface area contributed by atoms with Crippen LogP contribution in [-0.2, 0) is 0 Å². The summed E-state index contributed by atoms with van der Waals surface area (Å²) in [5.41, 5.74) is -0.493. The van der Waals surface area contributed by atoms with Crippen LogP contribution in [-0.4, -0.2) is 23.8 Å². The summed E-state index contributed by atoms with van der Waals surface area (Å²) in [4.78, 5) is 0. The number of hydrogen-bond acceptors (Lipinski definition) is 2. The molecule has 0 bridgehead atoms. The highest BCUT2D eigenvalue weighted by Crippen LogP contribution is 2.22. The lowest BCUT2D eigenvalue weighted by Gasteiger charge is -2.32. The number of nitrogens with one attached hydrogen (secondary N) is 1. The standard InChI is InChI=1S/C8H17NO/c1-8(2,10)7-4-3-5-9-6-7/h7,9-10H,3-6H2,1-2H3/t7-/m1/s1. The molecule has 60 valence electrons. The highest BCUT2D eigenvalue weighted by molar-refractivity contribution is 4.81. The summed E-state index contributed by atoms with van der Waals surface area (Å²) in [7, 11) is 0. The summed E-state index contributed by atoms with van der Waals surface area (Å²) in [6.45, 7) is 5.88. The first-order chi connectivity index (χ1) is 4.61. The van der Waals surface area contributed by atoms with Crippen molar-refractivity contribution in [2.24, 2.45) is 5.92 Å². The molecule has 0 amide bonds. The minimum atomic E-state index is -0.493. The summed E-state index contributed by atoms with van der Waals surface area (Å²) in [6, 6.07) is 0. The van der Waals surface area contributed by atoms with Gasteiger partial charge < -0.3 is 10.4 Å². The molecule has 1 rings (SSSR count). The van der Waals surface area contributed by atoms with Gasteiger partial charge in [-0.15, -0.1) is 0 Å². The minimum absolute atomic E-state index is 0.446. The third-order valence-electron chi connectivity index (χ3n) is 2.30. The normalized spacial score (nSPS) is 28.5. The number of aliphatic hydroxyl groups is 1. The molecule has 0 saturated carbocycles. The van der Waals surface area contributed by atoms with Crippen LogP contribution in [0.25, 0.3) is 0 Å². The Bertz CT molecular complexity index is 100. The van der Waals surface area contributed by atoms with E-state index in [1.165, 1.54) is 6.42 Å². The fourth-order valence-electron chi connectivity index (χ4n) is 1.45. The topological polar surface area (TPSA) is 32.3 Å². The van der Waals surface area contributed by atoms with Crippen molar-refractivity contribution in [2.45, 2.75) is 32.3 Å². The first-order valence-corrected chi connectivity index (χ1v) is 4.04. The fourth-order valence-corrected chi connectivity index (χ4v) is 1.45. The second-order valence-corrected chi connectivity index (χ2v) is 3.70. The lowest BCUT2D eigenvalue weighted by molar-refractivity contribution is 0.00686. The van der Waals surface area contributed by atoms with E-state index in [1.54, 1.807) is 0 Å². The monoisotopic (exact) mass is 143 g/mol. The first-order valence-electron chi connectivity index (χ1n) is 4.04. The Morgan fingerprint density at radius 2 is 2.20 bits per heavy atom. The molecule has 0 radical (unpaired) electrons. The zero-order valence-electron chi connectivity index (χ0n) is 6.85. The van der Waals surface area contributed by atoms with Crippen molar-refractivity contribution in [1.29, 1.82) is 0 Å². The van der Waals surface area contributed by atoms with Gasteiger partial charge in [-0.3, -0.25) is 0 Å². The van der Waals surface area contributed by atoms with Crippen LogP contribution in [0.2, 0.25) is 0 Å². The van der Waals surface area contributed by atoms with Crippen molar-refractivity contribution in [3.8, 4) is 0 Å². The van der Waals surface area contributed by atoms with E-state index >= 15 is 0 Å². The van der Waals surface area contributed by atoms with Crippen molar-refractivity contribution in [1.82, 2.24) is 5.32 Å². The lowest BCUT2D eigenvalue weighted by atomic mass is 9.85. The van der Waals surface area contributed by atoms with Gasteiger partial charge in [0, 0.05) is 6.54 Å². The maximum Gasteiger partial charge on any atom is 0.0631 e. The van der Waals surface area contributed by atoms with E-state index < -0.39 is 5.60 Å². The Kier molecular flexibility index (Phi) is 2.32. The van der Waals surface area contributed by atoms with Crippen LogP contribution >= 0.6 is 0 Å². The van der Waals surface area contributed by atoms with Gasteiger partial charge in [0.15, 0.2) is 0 Å². The fraction of sp³-hybridized carbons (Fsp3) is 1.00. The van der Waals surface area contributed by atoms with Crippen molar-refractivity contribution in [3.63, 3.8) is 0 Å². The van der Waals surface area contributed by atoms with Crippen LogP contribution in [0.3, 0.4) is 0 Å². The van der Waals surface area contributed by atoms with Crippen LogP contribution < -0.4 is 5.32 Å². The van der Waals surface area contributed by atoms with E-state index in [2.05, 4.69) is 5.32 Å². The lowest BCUT2D eigenvalue weighted by Crippen LogP contribution is -2.42. The average Bonchev–Trinajstić information content (AvgIpc) is 1.88. The van der Waals surface area contributed by atoms with Gasteiger partial charge in [0.25, 0.3) is 0 Å². The van der Waals surface area contributed by atoms with Crippen molar-refractivity contribution in [2.75, 3.05) is 13.1 Å². The summed E-state index contributed by atoms with van der Waals surface area (Å²) in [6.07, 6.45) is 2.37. The molecule has 1 saturated heterocycles. The Balaban J connectivity index is 2.39. The van der Waals surface area contributed by atoms with Crippen LogP contribution in [0.15, 0.2) is 0 Å². The molecule has 2 heteroatoms. The predicted molar refractivity (Wildman–Crippen MR) is 41.9 cm³/mol. The zero-order chi connectivity index (χ0) is 7.61. The summed E-state index contributed by atoms with van der Waals surface area (Å²) < 4.78 is 0. The van der Waals surface area contributed by atoms with Gasteiger partial charge in [-0.25, -0.2) is 0 Å². The number of hydrogen-bond donors (Lipinski definition) is 2. The van der Waals surface area contributed by atoms with Crippen molar-refractivity contribution < 1.29 is 5.11 Å². The quantitative estimate of drug-likeness (QED) is 0.568. The first kappa shape index (κ1) is 8.02. The molecule has 0 aromatic carbocycles. The molecule has 2 N–H and O–H groups in total. The van der Waals surface area contributed by atoms with Gasteiger partial charge in [0.05, 0.1) is 5.60 Å². The number of piperidine rings is 1. The molecule has 1 atom stereocenters. The van der Waals surface area contributed by atoms with E-state index in [-0.39, 0.29) is 0 Å². The Labute approximate surface area is 62.6 Å². The van der Waals surface area contributed by atoms with Crippen molar-refractivity contribution in [3.05, 3.63) is 0 Å². The highest BCUT2D eigenvalue weighted by atomic mass is 16.3. The van der Waals surface area contributed by atoms with Gasteiger partial charge in [0.1, 0.15) is 0 Å². The van der Waals surface area contributed by atoms with Crippen LogP contribution in [0.1, 0.15) is 26.7 Å². The van der Waals surface area contributed by atoms with Gasteiger partial charge in [-0.2, -0.15) is 0 Å². The third kappa shape index (κ3) is 1.96. The van der Waals surface area contributed by atoms with Gasteiger partial charge in [-0.1, -0.05) is 0 Å². The zero-order valence-corrected chi connectivity index (χ0v) is 6.85. The molecule has 2 nitrogen and oxygen atoms in total. The molecule has 0 aromatic rings. The Hall–Kier alpha value is -0.0800. The molecule has 1 aliphatic rings. The second kappa shape index (κ2) is 2.89. The molecule has 0 aromatic heterocycles. The Morgan fingerprint density at radius 1 is 1.50 bits per heavy atom. The molecule has 10 heavy (non-hydrogen) atoms. The molecule has 0 spiro atoms. The van der Waals surface area contributed by atoms with E-state index in [1.807, 2.05) is 13.8 Å². The average molecular weight is 143 g/mol. The van der Waals surface area contributed by atoms with E-state index in [0.29, 0.717) is 5.92 Å². The SMILES string of the molecule is CC(C)(O)[C@@H]1CCCNC1. The van der Waals surface area contributed by atoms with Gasteiger partial charge >= 0.3 is 0 Å².